The number of rotatable bonds is 13. The van der Waals surface area contributed by atoms with E-state index in [1.54, 1.807) is 13.2 Å². The number of aliphatic carboxylic acids is 1. The van der Waals surface area contributed by atoms with Gasteiger partial charge in [0.05, 0.1) is 19.8 Å². The second-order valence-corrected chi connectivity index (χ2v) is 9.55. The Labute approximate surface area is 231 Å². The van der Waals surface area contributed by atoms with Crippen molar-refractivity contribution >= 4 is 12.0 Å². The van der Waals surface area contributed by atoms with Crippen LogP contribution < -0.4 is 9.47 Å². The van der Waals surface area contributed by atoms with Crippen LogP contribution in [-0.4, -0.2) is 55.4 Å². The van der Waals surface area contributed by atoms with E-state index in [4.69, 9.17) is 19.3 Å². The molecule has 1 heterocycles. The van der Waals surface area contributed by atoms with Crippen molar-refractivity contribution in [2.45, 2.75) is 31.5 Å². The number of allylic oxidation sites excluding steroid dienone is 2. The number of benzene rings is 3. The van der Waals surface area contributed by atoms with Gasteiger partial charge in [0.2, 0.25) is 0 Å². The van der Waals surface area contributed by atoms with Crippen LogP contribution in [0.25, 0.3) is 6.08 Å². The number of methoxy groups -OCH3 is 1. The minimum Gasteiger partial charge on any atom is -0.493 e. The summed E-state index contributed by atoms with van der Waals surface area (Å²) in [6.07, 6.45) is 9.22. The molecule has 0 radical (unpaired) electrons. The van der Waals surface area contributed by atoms with Crippen LogP contribution in [0.5, 0.6) is 11.5 Å². The Balaban J connectivity index is 1.21. The van der Waals surface area contributed by atoms with Gasteiger partial charge in [-0.2, -0.15) is 0 Å². The maximum atomic E-state index is 10.6. The van der Waals surface area contributed by atoms with Crippen LogP contribution in [0.1, 0.15) is 42.1 Å². The Kier molecular flexibility index (Phi) is 10.8. The minimum absolute atomic E-state index is 0.0459. The van der Waals surface area contributed by atoms with Gasteiger partial charge in [-0.05, 0) is 48.1 Å². The molecule has 6 nitrogen and oxygen atoms in total. The summed E-state index contributed by atoms with van der Waals surface area (Å²) in [5.41, 5.74) is 3.29. The lowest BCUT2D eigenvalue weighted by atomic mass is 10.00. The normalized spacial score (nSPS) is 14.8. The van der Waals surface area contributed by atoms with Crippen molar-refractivity contribution in [1.29, 1.82) is 0 Å². The fourth-order valence-electron chi connectivity index (χ4n) is 4.75. The van der Waals surface area contributed by atoms with Gasteiger partial charge in [0.25, 0.3) is 0 Å². The summed E-state index contributed by atoms with van der Waals surface area (Å²) in [5.74, 6) is 0.387. The highest BCUT2D eigenvalue weighted by Crippen LogP contribution is 2.31. The molecule has 0 bridgehead atoms. The topological polar surface area (TPSA) is 68.2 Å². The summed E-state index contributed by atoms with van der Waals surface area (Å²) in [7, 11) is 1.62. The van der Waals surface area contributed by atoms with E-state index in [2.05, 4.69) is 53.4 Å². The molecule has 4 rings (SSSR count). The van der Waals surface area contributed by atoms with Gasteiger partial charge in [-0.1, -0.05) is 85.0 Å². The fourth-order valence-corrected chi connectivity index (χ4v) is 4.75. The molecular weight excluding hydrogens is 490 g/mol. The summed E-state index contributed by atoms with van der Waals surface area (Å²) in [5, 5.41) is 8.67. The maximum absolute atomic E-state index is 10.6. The summed E-state index contributed by atoms with van der Waals surface area (Å²) in [4.78, 5) is 13.1. The molecule has 0 amide bonds. The first-order valence-corrected chi connectivity index (χ1v) is 13.5. The molecule has 1 aliphatic heterocycles. The number of carbonyl (C=O) groups is 1. The molecule has 0 aromatic heterocycles. The number of piperidine rings is 1. The van der Waals surface area contributed by atoms with Crippen molar-refractivity contribution in [3.63, 3.8) is 0 Å². The molecule has 1 aliphatic rings. The molecule has 1 saturated heterocycles. The van der Waals surface area contributed by atoms with Crippen molar-refractivity contribution in [3.05, 3.63) is 114 Å². The van der Waals surface area contributed by atoms with E-state index in [1.165, 1.54) is 17.2 Å². The zero-order valence-corrected chi connectivity index (χ0v) is 22.4. The van der Waals surface area contributed by atoms with E-state index in [-0.39, 0.29) is 12.2 Å². The van der Waals surface area contributed by atoms with Crippen LogP contribution in [0.15, 0.2) is 97.1 Å². The van der Waals surface area contributed by atoms with E-state index >= 15 is 0 Å². The van der Waals surface area contributed by atoms with Gasteiger partial charge in [-0.25, -0.2) is 4.79 Å². The molecule has 3 aromatic rings. The zero-order chi connectivity index (χ0) is 27.3. The molecule has 0 unspecified atom stereocenters. The van der Waals surface area contributed by atoms with Gasteiger partial charge in [-0.15, -0.1) is 0 Å². The number of nitrogens with zero attached hydrogens (tertiary/aromatic N) is 1. The van der Waals surface area contributed by atoms with Crippen LogP contribution in [0.2, 0.25) is 0 Å². The highest BCUT2D eigenvalue weighted by atomic mass is 16.5. The molecule has 39 heavy (non-hydrogen) atoms. The maximum Gasteiger partial charge on any atom is 0.328 e. The fraction of sp³-hybridized carbons (Fsp3) is 0.303. The number of hydrogen-bond donors (Lipinski definition) is 1. The SMILES string of the molecule is COc1cc(C=CC=CC(=O)O)ccc1OCCCN1CCC(OC(c2ccccc2)c2ccccc2)CC1. The van der Waals surface area contributed by atoms with Gasteiger partial charge in [0, 0.05) is 25.7 Å². The van der Waals surface area contributed by atoms with Crippen LogP contribution in [0.3, 0.4) is 0 Å². The van der Waals surface area contributed by atoms with Crippen molar-refractivity contribution in [2.75, 3.05) is 33.4 Å². The smallest absolute Gasteiger partial charge is 0.328 e. The highest BCUT2D eigenvalue weighted by molar-refractivity contribution is 5.80. The standard InChI is InChI=1S/C33H37NO5/c1-37-31-25-26(11-8-9-16-32(35)36)17-18-30(31)38-24-10-21-34-22-19-29(20-23-34)39-33(27-12-4-2-5-13-27)28-14-6-3-7-15-28/h2-9,11-18,25,29,33H,10,19-24H2,1H3,(H,35,36). The van der Waals surface area contributed by atoms with Crippen molar-refractivity contribution in [2.24, 2.45) is 0 Å². The van der Waals surface area contributed by atoms with Crippen LogP contribution in [-0.2, 0) is 9.53 Å². The summed E-state index contributed by atoms with van der Waals surface area (Å²) >= 11 is 0. The van der Waals surface area contributed by atoms with Gasteiger partial charge in [0.15, 0.2) is 11.5 Å². The van der Waals surface area contributed by atoms with Gasteiger partial charge >= 0.3 is 5.97 Å². The lowest BCUT2D eigenvalue weighted by Gasteiger charge is -2.34. The predicted molar refractivity (Wildman–Crippen MR) is 154 cm³/mol. The number of carboxylic acid groups (broad SMARTS) is 1. The molecule has 0 saturated carbocycles. The van der Waals surface area contributed by atoms with Crippen LogP contribution >= 0.6 is 0 Å². The molecule has 0 spiro atoms. The summed E-state index contributed by atoms with van der Waals surface area (Å²) < 4.78 is 18.2. The van der Waals surface area contributed by atoms with Crippen LogP contribution in [0.4, 0.5) is 0 Å². The molecule has 1 N–H and O–H groups in total. The highest BCUT2D eigenvalue weighted by Gasteiger charge is 2.24. The third-order valence-electron chi connectivity index (χ3n) is 6.77. The van der Waals surface area contributed by atoms with E-state index in [9.17, 15) is 4.79 Å². The molecule has 0 aliphatic carbocycles. The average molecular weight is 528 g/mol. The minimum atomic E-state index is -0.974. The van der Waals surface area contributed by atoms with Crippen molar-refractivity contribution in [1.82, 2.24) is 4.90 Å². The third kappa shape index (κ3) is 8.84. The lowest BCUT2D eigenvalue weighted by Crippen LogP contribution is -2.38. The number of carboxylic acids is 1. The lowest BCUT2D eigenvalue weighted by molar-refractivity contribution is -0.131. The first-order chi connectivity index (χ1) is 19.1. The quantitative estimate of drug-likeness (QED) is 0.158. The average Bonchev–Trinajstić information content (AvgIpc) is 2.98. The Hall–Kier alpha value is -3.87. The second kappa shape index (κ2) is 14.9. The molecule has 3 aromatic carbocycles. The van der Waals surface area contributed by atoms with E-state index < -0.39 is 5.97 Å². The molecule has 6 heteroatoms. The second-order valence-electron chi connectivity index (χ2n) is 9.55. The van der Waals surface area contributed by atoms with Gasteiger partial charge in [-0.3, -0.25) is 0 Å². The van der Waals surface area contributed by atoms with E-state index in [0.717, 1.165) is 50.5 Å². The largest absolute Gasteiger partial charge is 0.493 e. The third-order valence-corrected chi connectivity index (χ3v) is 6.77. The van der Waals surface area contributed by atoms with Gasteiger partial charge in [0.1, 0.15) is 6.10 Å². The zero-order valence-electron chi connectivity index (χ0n) is 22.4. The molecular formula is C33H37NO5. The Bertz CT molecular complexity index is 1180. The predicted octanol–water partition coefficient (Wildman–Crippen LogP) is 6.39. The number of ether oxygens (including phenoxy) is 3. The van der Waals surface area contributed by atoms with E-state index in [0.29, 0.717) is 18.1 Å². The summed E-state index contributed by atoms with van der Waals surface area (Å²) in [6.45, 7) is 3.61. The Morgan fingerprint density at radius 2 is 1.62 bits per heavy atom. The first kappa shape index (κ1) is 28.1. The Morgan fingerprint density at radius 1 is 0.949 bits per heavy atom. The molecule has 0 atom stereocenters. The molecule has 1 fully saturated rings. The van der Waals surface area contributed by atoms with Gasteiger partial charge < -0.3 is 24.2 Å². The summed E-state index contributed by atoms with van der Waals surface area (Å²) in [6, 6.07) is 26.6. The van der Waals surface area contributed by atoms with E-state index in [1.807, 2.05) is 36.4 Å². The Morgan fingerprint density at radius 3 is 2.23 bits per heavy atom. The van der Waals surface area contributed by atoms with Crippen molar-refractivity contribution in [3.8, 4) is 11.5 Å². The molecule has 204 valence electrons. The number of likely N-dealkylation sites (tertiary alicyclic amines) is 1. The van der Waals surface area contributed by atoms with Crippen LogP contribution in [0, 0.1) is 0 Å². The number of hydrogen-bond acceptors (Lipinski definition) is 5. The monoisotopic (exact) mass is 527 g/mol. The first-order valence-electron chi connectivity index (χ1n) is 13.5. The van der Waals surface area contributed by atoms with Crippen molar-refractivity contribution < 1.29 is 24.1 Å².